The summed E-state index contributed by atoms with van der Waals surface area (Å²) in [5.41, 5.74) is 1.78. The SMILES string of the molecule is CC(NC(=O)CN1CCN(Cc2ccccc2)CC1)C12CC3CC(CC(C3)C1)C2.Cl. The molecule has 4 nitrogen and oxygen atoms in total. The van der Waals surface area contributed by atoms with Crippen LogP contribution in [0.15, 0.2) is 30.3 Å². The number of carbonyl (C=O) groups excluding carboxylic acids is 1. The van der Waals surface area contributed by atoms with Gasteiger partial charge in [-0.25, -0.2) is 0 Å². The maximum Gasteiger partial charge on any atom is 0.234 e. The third-order valence-electron chi connectivity index (χ3n) is 8.46. The average Bonchev–Trinajstić information content (AvgIpc) is 2.69. The summed E-state index contributed by atoms with van der Waals surface area (Å²) in [5.74, 6) is 3.07. The van der Waals surface area contributed by atoms with E-state index in [9.17, 15) is 4.79 Å². The lowest BCUT2D eigenvalue weighted by Gasteiger charge is -2.59. The molecular formula is C25H38ClN3O. The first-order valence-electron chi connectivity index (χ1n) is 11.9. The predicted molar refractivity (Wildman–Crippen MR) is 124 cm³/mol. The Hall–Kier alpha value is -1.10. The van der Waals surface area contributed by atoms with Gasteiger partial charge in [-0.05, 0) is 74.2 Å². The molecular weight excluding hydrogens is 394 g/mol. The van der Waals surface area contributed by atoms with Gasteiger partial charge >= 0.3 is 0 Å². The molecule has 166 valence electrons. The Bertz CT molecular complexity index is 681. The fourth-order valence-electron chi connectivity index (χ4n) is 7.30. The summed E-state index contributed by atoms with van der Waals surface area (Å²) in [7, 11) is 0. The third-order valence-corrected chi connectivity index (χ3v) is 8.46. The summed E-state index contributed by atoms with van der Waals surface area (Å²) in [6, 6.07) is 11.0. The van der Waals surface area contributed by atoms with Crippen LogP contribution in [0, 0.1) is 23.2 Å². The molecule has 6 rings (SSSR count). The van der Waals surface area contributed by atoms with Gasteiger partial charge in [0.15, 0.2) is 0 Å². The highest BCUT2D eigenvalue weighted by molar-refractivity contribution is 5.85. The molecule has 0 radical (unpaired) electrons. The van der Waals surface area contributed by atoms with Gasteiger partial charge in [0.05, 0.1) is 6.54 Å². The second-order valence-electron chi connectivity index (χ2n) is 10.6. The van der Waals surface area contributed by atoms with Crippen LogP contribution in [0.4, 0.5) is 0 Å². The Morgan fingerprint density at radius 1 is 0.967 bits per heavy atom. The molecule has 1 heterocycles. The Morgan fingerprint density at radius 3 is 2.07 bits per heavy atom. The van der Waals surface area contributed by atoms with E-state index in [2.05, 4.69) is 52.4 Å². The van der Waals surface area contributed by atoms with Crippen molar-refractivity contribution in [2.45, 2.75) is 58.0 Å². The molecule has 0 aromatic heterocycles. The molecule has 5 heteroatoms. The monoisotopic (exact) mass is 431 g/mol. The highest BCUT2D eigenvalue weighted by Gasteiger charge is 2.53. The minimum absolute atomic E-state index is 0. The molecule has 4 saturated carbocycles. The second kappa shape index (κ2) is 9.18. The Morgan fingerprint density at radius 2 is 1.50 bits per heavy atom. The van der Waals surface area contributed by atoms with E-state index < -0.39 is 0 Å². The fraction of sp³-hybridized carbons (Fsp3) is 0.720. The van der Waals surface area contributed by atoms with Crippen molar-refractivity contribution < 1.29 is 4.79 Å². The van der Waals surface area contributed by atoms with Crippen LogP contribution >= 0.6 is 12.4 Å². The Kier molecular flexibility index (Phi) is 6.76. The van der Waals surface area contributed by atoms with E-state index in [1.165, 1.54) is 44.1 Å². The fourth-order valence-corrected chi connectivity index (χ4v) is 7.30. The first-order chi connectivity index (χ1) is 14.1. The molecule has 1 unspecified atom stereocenters. The molecule has 5 fully saturated rings. The zero-order chi connectivity index (χ0) is 19.8. The molecule has 4 bridgehead atoms. The van der Waals surface area contributed by atoms with Crippen molar-refractivity contribution in [3.63, 3.8) is 0 Å². The van der Waals surface area contributed by atoms with Gasteiger partial charge in [0.2, 0.25) is 5.91 Å². The number of piperazine rings is 1. The highest BCUT2D eigenvalue weighted by atomic mass is 35.5. The molecule has 1 atom stereocenters. The van der Waals surface area contributed by atoms with Gasteiger partial charge in [0.1, 0.15) is 0 Å². The lowest BCUT2D eigenvalue weighted by molar-refractivity contribution is -0.127. The van der Waals surface area contributed by atoms with Gasteiger partial charge in [-0.15, -0.1) is 12.4 Å². The maximum absolute atomic E-state index is 12.8. The van der Waals surface area contributed by atoms with Crippen LogP contribution in [0.3, 0.4) is 0 Å². The predicted octanol–water partition coefficient (Wildman–Crippen LogP) is 3.95. The molecule has 1 aliphatic heterocycles. The zero-order valence-corrected chi connectivity index (χ0v) is 19.2. The first-order valence-corrected chi connectivity index (χ1v) is 11.9. The summed E-state index contributed by atoms with van der Waals surface area (Å²) in [5, 5.41) is 3.44. The first kappa shape index (κ1) is 22.1. The lowest BCUT2D eigenvalue weighted by atomic mass is 9.48. The van der Waals surface area contributed by atoms with Crippen molar-refractivity contribution >= 4 is 18.3 Å². The van der Waals surface area contributed by atoms with Crippen molar-refractivity contribution in [2.75, 3.05) is 32.7 Å². The minimum atomic E-state index is 0. The van der Waals surface area contributed by atoms with E-state index >= 15 is 0 Å². The van der Waals surface area contributed by atoms with Crippen LogP contribution in [0.2, 0.25) is 0 Å². The largest absolute Gasteiger partial charge is 0.352 e. The molecule has 1 aromatic carbocycles. The van der Waals surface area contributed by atoms with Gasteiger partial charge in [0.25, 0.3) is 0 Å². The summed E-state index contributed by atoms with van der Waals surface area (Å²) in [6.07, 6.45) is 8.48. The molecule has 0 spiro atoms. The van der Waals surface area contributed by atoms with Crippen molar-refractivity contribution in [3.8, 4) is 0 Å². The molecule has 1 amide bonds. The summed E-state index contributed by atoms with van der Waals surface area (Å²) in [4.78, 5) is 17.7. The average molecular weight is 432 g/mol. The number of nitrogens with zero attached hydrogens (tertiary/aromatic N) is 2. The number of hydrogen-bond donors (Lipinski definition) is 1. The smallest absolute Gasteiger partial charge is 0.234 e. The van der Waals surface area contributed by atoms with Crippen LogP contribution < -0.4 is 5.32 Å². The molecule has 5 aliphatic rings. The number of hydrogen-bond acceptors (Lipinski definition) is 3. The maximum atomic E-state index is 12.8. The number of halogens is 1. The van der Waals surface area contributed by atoms with Crippen molar-refractivity contribution in [1.82, 2.24) is 15.1 Å². The molecule has 1 aromatic rings. The van der Waals surface area contributed by atoms with Gasteiger partial charge < -0.3 is 5.32 Å². The number of carbonyl (C=O) groups is 1. The van der Waals surface area contributed by atoms with E-state index in [0.29, 0.717) is 18.0 Å². The lowest BCUT2D eigenvalue weighted by Crippen LogP contribution is -2.57. The Labute approximate surface area is 188 Å². The van der Waals surface area contributed by atoms with Crippen LogP contribution in [0.1, 0.15) is 51.0 Å². The third kappa shape index (κ3) is 4.71. The van der Waals surface area contributed by atoms with Gasteiger partial charge in [0, 0.05) is 38.8 Å². The summed E-state index contributed by atoms with van der Waals surface area (Å²) < 4.78 is 0. The minimum Gasteiger partial charge on any atom is -0.352 e. The van der Waals surface area contributed by atoms with E-state index in [4.69, 9.17) is 0 Å². The quantitative estimate of drug-likeness (QED) is 0.740. The number of nitrogens with one attached hydrogen (secondary N) is 1. The van der Waals surface area contributed by atoms with Crippen LogP contribution in [-0.4, -0.2) is 54.5 Å². The standard InChI is InChI=1S/C25H37N3O.ClH/c1-19(25-14-21-11-22(15-25)13-23(12-21)16-25)26-24(29)18-28-9-7-27(8-10-28)17-20-5-3-2-4-6-20;/h2-6,19,21-23H,7-18H2,1H3,(H,26,29);1H. The van der Waals surface area contributed by atoms with E-state index in [-0.39, 0.29) is 18.3 Å². The topological polar surface area (TPSA) is 35.6 Å². The van der Waals surface area contributed by atoms with Gasteiger partial charge in [-0.1, -0.05) is 30.3 Å². The van der Waals surface area contributed by atoms with Crippen molar-refractivity contribution in [3.05, 3.63) is 35.9 Å². The number of benzene rings is 1. The summed E-state index contributed by atoms with van der Waals surface area (Å²) >= 11 is 0. The normalized spacial score (nSPS) is 34.4. The van der Waals surface area contributed by atoms with Crippen LogP contribution in [0.25, 0.3) is 0 Å². The molecule has 4 aliphatic carbocycles. The van der Waals surface area contributed by atoms with E-state index in [0.717, 1.165) is 50.5 Å². The van der Waals surface area contributed by atoms with E-state index in [1.807, 2.05) is 0 Å². The highest BCUT2D eigenvalue weighted by Crippen LogP contribution is 2.61. The van der Waals surface area contributed by atoms with Gasteiger partial charge in [-0.3, -0.25) is 14.6 Å². The molecule has 1 N–H and O–H groups in total. The zero-order valence-electron chi connectivity index (χ0n) is 18.4. The second-order valence-corrected chi connectivity index (χ2v) is 10.6. The van der Waals surface area contributed by atoms with Crippen molar-refractivity contribution in [1.29, 1.82) is 0 Å². The van der Waals surface area contributed by atoms with E-state index in [1.54, 1.807) is 0 Å². The number of rotatable bonds is 6. The molecule has 30 heavy (non-hydrogen) atoms. The summed E-state index contributed by atoms with van der Waals surface area (Å²) in [6.45, 7) is 7.96. The van der Waals surface area contributed by atoms with Crippen LogP contribution in [-0.2, 0) is 11.3 Å². The number of amides is 1. The van der Waals surface area contributed by atoms with Crippen molar-refractivity contribution in [2.24, 2.45) is 23.2 Å². The Balaban J connectivity index is 0.00000218. The van der Waals surface area contributed by atoms with Gasteiger partial charge in [-0.2, -0.15) is 0 Å². The van der Waals surface area contributed by atoms with Crippen LogP contribution in [0.5, 0.6) is 0 Å². The molecule has 1 saturated heterocycles.